The predicted octanol–water partition coefficient (Wildman–Crippen LogP) is 1.15. The Morgan fingerprint density at radius 1 is 1.57 bits per heavy atom. The number of amides is 1. The van der Waals surface area contributed by atoms with Gasteiger partial charge < -0.3 is 10.6 Å². The highest BCUT2D eigenvalue weighted by Crippen LogP contribution is 2.12. The quantitative estimate of drug-likeness (QED) is 0.824. The fraction of sp³-hybridized carbons (Fsp3) is 0.333. The van der Waals surface area contributed by atoms with Crippen LogP contribution >= 0.6 is 22.6 Å². The molecule has 0 saturated carbocycles. The van der Waals surface area contributed by atoms with Crippen molar-refractivity contribution in [2.45, 2.75) is 6.92 Å². The van der Waals surface area contributed by atoms with Gasteiger partial charge in [-0.3, -0.25) is 4.79 Å². The molecule has 0 bridgehead atoms. The van der Waals surface area contributed by atoms with E-state index in [2.05, 4.69) is 38.2 Å². The molecule has 4 nitrogen and oxygen atoms in total. The largest absolute Gasteiger partial charge is 0.311 e. The lowest BCUT2D eigenvalue weighted by atomic mass is 10.4. The Morgan fingerprint density at radius 2 is 2.29 bits per heavy atom. The van der Waals surface area contributed by atoms with Crippen molar-refractivity contribution in [2.75, 3.05) is 18.9 Å². The Balaban J connectivity index is 2.68. The van der Waals surface area contributed by atoms with Crippen LogP contribution in [0.4, 0.5) is 5.82 Å². The summed E-state index contributed by atoms with van der Waals surface area (Å²) < 4.78 is 1.09. The molecule has 1 rings (SSSR count). The number of nitrogens with one attached hydrogen (secondary N) is 2. The standard InChI is InChI=1S/C9H12IN3O/c1-6-7(10)3-4-8(12-6)13-9(14)5-11-2/h3-4,11H,5H2,1-2H3,(H,12,13,14). The molecule has 0 aromatic carbocycles. The van der Waals surface area contributed by atoms with Crippen LogP contribution in [-0.4, -0.2) is 24.5 Å². The van der Waals surface area contributed by atoms with Gasteiger partial charge in [-0.05, 0) is 48.7 Å². The van der Waals surface area contributed by atoms with Gasteiger partial charge in [-0.1, -0.05) is 0 Å². The van der Waals surface area contributed by atoms with Crippen molar-refractivity contribution in [3.05, 3.63) is 21.4 Å². The summed E-state index contributed by atoms with van der Waals surface area (Å²) in [6.45, 7) is 2.21. The molecule has 0 aliphatic rings. The van der Waals surface area contributed by atoms with Crippen molar-refractivity contribution in [2.24, 2.45) is 0 Å². The molecule has 0 spiro atoms. The number of aryl methyl sites for hydroxylation is 1. The van der Waals surface area contributed by atoms with Gasteiger partial charge in [-0.2, -0.15) is 0 Å². The zero-order chi connectivity index (χ0) is 10.6. The number of aromatic nitrogens is 1. The minimum absolute atomic E-state index is 0.0828. The molecule has 1 amide bonds. The van der Waals surface area contributed by atoms with Gasteiger partial charge in [0.2, 0.25) is 5.91 Å². The van der Waals surface area contributed by atoms with E-state index >= 15 is 0 Å². The van der Waals surface area contributed by atoms with Crippen LogP contribution in [0.3, 0.4) is 0 Å². The second-order valence-corrected chi connectivity index (χ2v) is 4.00. The summed E-state index contributed by atoms with van der Waals surface area (Å²) >= 11 is 2.20. The third-order valence-corrected chi connectivity index (χ3v) is 2.77. The maximum Gasteiger partial charge on any atom is 0.239 e. The fourth-order valence-electron chi connectivity index (χ4n) is 0.961. The van der Waals surface area contributed by atoms with E-state index in [0.717, 1.165) is 9.26 Å². The molecule has 14 heavy (non-hydrogen) atoms. The molecule has 2 N–H and O–H groups in total. The minimum Gasteiger partial charge on any atom is -0.311 e. The summed E-state index contributed by atoms with van der Waals surface area (Å²) in [6.07, 6.45) is 0. The van der Waals surface area contributed by atoms with Gasteiger partial charge in [-0.15, -0.1) is 0 Å². The van der Waals surface area contributed by atoms with Gasteiger partial charge in [0.05, 0.1) is 12.2 Å². The number of likely N-dealkylation sites (N-methyl/N-ethyl adjacent to an activating group) is 1. The van der Waals surface area contributed by atoms with Crippen LogP contribution in [0.5, 0.6) is 0 Å². The van der Waals surface area contributed by atoms with Crippen molar-refractivity contribution >= 4 is 34.3 Å². The normalized spacial score (nSPS) is 9.93. The van der Waals surface area contributed by atoms with Gasteiger partial charge in [0.25, 0.3) is 0 Å². The number of rotatable bonds is 3. The van der Waals surface area contributed by atoms with Crippen molar-refractivity contribution in [1.29, 1.82) is 0 Å². The first-order chi connectivity index (χ1) is 6.63. The Bertz CT molecular complexity index is 341. The van der Waals surface area contributed by atoms with E-state index < -0.39 is 0 Å². The zero-order valence-electron chi connectivity index (χ0n) is 8.10. The van der Waals surface area contributed by atoms with Gasteiger partial charge in [0.1, 0.15) is 5.82 Å². The van der Waals surface area contributed by atoms with Crippen molar-refractivity contribution in [3.8, 4) is 0 Å². The Labute approximate surface area is 96.6 Å². The predicted molar refractivity (Wildman–Crippen MR) is 64.2 cm³/mol. The number of hydrogen-bond acceptors (Lipinski definition) is 3. The van der Waals surface area contributed by atoms with Crippen molar-refractivity contribution < 1.29 is 4.79 Å². The summed E-state index contributed by atoms with van der Waals surface area (Å²) in [7, 11) is 1.73. The van der Waals surface area contributed by atoms with Crippen LogP contribution in [0.25, 0.3) is 0 Å². The molecule has 1 aromatic heterocycles. The van der Waals surface area contributed by atoms with Crippen molar-refractivity contribution in [1.82, 2.24) is 10.3 Å². The van der Waals surface area contributed by atoms with E-state index in [-0.39, 0.29) is 5.91 Å². The van der Waals surface area contributed by atoms with Gasteiger partial charge in [0, 0.05) is 3.57 Å². The van der Waals surface area contributed by atoms with E-state index in [1.807, 2.05) is 13.0 Å². The SMILES string of the molecule is CNCC(=O)Nc1ccc(I)c(C)n1. The molecule has 0 unspecified atom stereocenters. The van der Waals surface area contributed by atoms with Crippen LogP contribution in [0.15, 0.2) is 12.1 Å². The van der Waals surface area contributed by atoms with E-state index in [4.69, 9.17) is 0 Å². The average molecular weight is 305 g/mol. The average Bonchev–Trinajstić information content (AvgIpc) is 2.12. The zero-order valence-corrected chi connectivity index (χ0v) is 10.3. The monoisotopic (exact) mass is 305 g/mol. The van der Waals surface area contributed by atoms with Gasteiger partial charge in [0.15, 0.2) is 0 Å². The van der Waals surface area contributed by atoms with E-state index in [9.17, 15) is 4.79 Å². The first-order valence-corrected chi connectivity index (χ1v) is 5.29. The number of pyridine rings is 1. The Kier molecular flexibility index (Phi) is 4.27. The topological polar surface area (TPSA) is 54.0 Å². The van der Waals surface area contributed by atoms with Gasteiger partial charge >= 0.3 is 0 Å². The smallest absolute Gasteiger partial charge is 0.239 e. The van der Waals surface area contributed by atoms with E-state index in [1.54, 1.807) is 13.1 Å². The lowest BCUT2D eigenvalue weighted by Gasteiger charge is -2.05. The molecule has 0 aliphatic heterocycles. The van der Waals surface area contributed by atoms with E-state index in [1.165, 1.54) is 0 Å². The first kappa shape index (κ1) is 11.4. The molecular formula is C9H12IN3O. The van der Waals surface area contributed by atoms with Crippen molar-refractivity contribution in [3.63, 3.8) is 0 Å². The second-order valence-electron chi connectivity index (χ2n) is 2.84. The first-order valence-electron chi connectivity index (χ1n) is 4.21. The van der Waals surface area contributed by atoms with Crippen LogP contribution in [-0.2, 0) is 4.79 Å². The second kappa shape index (κ2) is 5.26. The molecule has 0 fully saturated rings. The maximum absolute atomic E-state index is 11.2. The summed E-state index contributed by atoms with van der Waals surface area (Å²) in [4.78, 5) is 15.4. The summed E-state index contributed by atoms with van der Waals surface area (Å²) in [6, 6.07) is 3.72. The van der Waals surface area contributed by atoms with Crippen LogP contribution < -0.4 is 10.6 Å². The van der Waals surface area contributed by atoms with Crippen LogP contribution in [0, 0.1) is 10.5 Å². The molecule has 5 heteroatoms. The molecule has 0 saturated heterocycles. The number of hydrogen-bond donors (Lipinski definition) is 2. The van der Waals surface area contributed by atoms with Crippen LogP contribution in [0.1, 0.15) is 5.69 Å². The molecule has 76 valence electrons. The Morgan fingerprint density at radius 3 is 2.86 bits per heavy atom. The minimum atomic E-state index is -0.0828. The maximum atomic E-state index is 11.2. The highest BCUT2D eigenvalue weighted by atomic mass is 127. The molecular weight excluding hydrogens is 293 g/mol. The number of nitrogens with zero attached hydrogens (tertiary/aromatic N) is 1. The number of anilines is 1. The van der Waals surface area contributed by atoms with Gasteiger partial charge in [-0.25, -0.2) is 4.98 Å². The van der Waals surface area contributed by atoms with E-state index in [0.29, 0.717) is 12.4 Å². The highest BCUT2D eigenvalue weighted by Gasteiger charge is 2.02. The third kappa shape index (κ3) is 3.22. The van der Waals surface area contributed by atoms with Crippen LogP contribution in [0.2, 0.25) is 0 Å². The summed E-state index contributed by atoms with van der Waals surface area (Å²) in [5, 5.41) is 5.47. The third-order valence-electron chi connectivity index (χ3n) is 1.63. The number of carbonyl (C=O) groups is 1. The fourth-order valence-corrected chi connectivity index (χ4v) is 1.26. The molecule has 0 aliphatic carbocycles. The molecule has 1 heterocycles. The summed E-state index contributed by atoms with van der Waals surface area (Å²) in [5.74, 6) is 0.517. The Hall–Kier alpha value is -0.690. The molecule has 1 aromatic rings. The lowest BCUT2D eigenvalue weighted by molar-refractivity contribution is -0.115. The molecule has 0 radical (unpaired) electrons. The lowest BCUT2D eigenvalue weighted by Crippen LogP contribution is -2.25. The highest BCUT2D eigenvalue weighted by molar-refractivity contribution is 14.1. The number of carbonyl (C=O) groups excluding carboxylic acids is 1. The molecule has 0 atom stereocenters. The summed E-state index contributed by atoms with van der Waals surface area (Å²) in [5.41, 5.74) is 0.924. The number of halogens is 1.